The minimum Gasteiger partial charge on any atom is -0.337 e. The van der Waals surface area contributed by atoms with Crippen LogP contribution >= 0.6 is 11.6 Å². The molecular weight excluding hydrogens is 328 g/mol. The van der Waals surface area contributed by atoms with Crippen LogP contribution in [0.2, 0.25) is 5.15 Å². The topological polar surface area (TPSA) is 67.2 Å². The van der Waals surface area contributed by atoms with Crippen LogP contribution in [0.3, 0.4) is 0 Å². The molecule has 0 radical (unpaired) electrons. The van der Waals surface area contributed by atoms with Crippen LogP contribution in [0, 0.1) is 6.92 Å². The molecule has 1 fully saturated rings. The Morgan fingerprint density at radius 3 is 2.46 bits per heavy atom. The molecule has 24 heavy (non-hydrogen) atoms. The second kappa shape index (κ2) is 7.00. The molecule has 0 aromatic carbocycles. The van der Waals surface area contributed by atoms with Crippen molar-refractivity contribution in [2.45, 2.75) is 6.92 Å². The van der Waals surface area contributed by atoms with Crippen LogP contribution in [0.5, 0.6) is 0 Å². The van der Waals surface area contributed by atoms with Gasteiger partial charge in [-0.25, -0.2) is 9.97 Å². The highest BCUT2D eigenvalue weighted by Gasteiger charge is 2.21. The number of rotatable bonds is 3. The second-order valence-electron chi connectivity index (χ2n) is 5.61. The molecule has 0 N–H and O–H groups in total. The molecule has 7 nitrogen and oxygen atoms in total. The number of carbonyl (C=O) groups is 1. The van der Waals surface area contributed by atoms with E-state index < -0.39 is 0 Å². The summed E-state index contributed by atoms with van der Waals surface area (Å²) in [7, 11) is 1.78. The van der Waals surface area contributed by atoms with Gasteiger partial charge < -0.3 is 9.80 Å². The maximum Gasteiger partial charge on any atom is 0.246 e. The molecule has 2 aromatic heterocycles. The molecule has 3 rings (SSSR count). The maximum atomic E-state index is 12.4. The number of nitrogens with zero attached hydrogens (tertiary/aromatic N) is 6. The van der Waals surface area contributed by atoms with Gasteiger partial charge in [-0.15, -0.1) is 0 Å². The number of carbonyl (C=O) groups excluding carboxylic acids is 1. The fourth-order valence-corrected chi connectivity index (χ4v) is 2.91. The Morgan fingerprint density at radius 2 is 1.88 bits per heavy atom. The number of aromatic nitrogens is 4. The van der Waals surface area contributed by atoms with Gasteiger partial charge in [0.05, 0.1) is 5.69 Å². The summed E-state index contributed by atoms with van der Waals surface area (Å²) < 4.78 is 1.60. The highest BCUT2D eigenvalue weighted by atomic mass is 35.5. The molecule has 8 heteroatoms. The maximum absolute atomic E-state index is 12.4. The van der Waals surface area contributed by atoms with Gasteiger partial charge in [0, 0.05) is 57.3 Å². The average molecular weight is 347 g/mol. The zero-order valence-electron chi connectivity index (χ0n) is 13.7. The van der Waals surface area contributed by atoms with Crippen LogP contribution in [0.15, 0.2) is 24.5 Å². The summed E-state index contributed by atoms with van der Waals surface area (Å²) in [6.07, 6.45) is 6.75. The van der Waals surface area contributed by atoms with Crippen molar-refractivity contribution < 1.29 is 4.79 Å². The van der Waals surface area contributed by atoms with Crippen LogP contribution < -0.4 is 4.90 Å². The SMILES string of the molecule is Cc1nn(C)c(Cl)c1/C=C/C(=O)N1CCN(c2ncccn2)CC1. The van der Waals surface area contributed by atoms with Gasteiger partial charge in [-0.3, -0.25) is 9.48 Å². The highest BCUT2D eigenvalue weighted by Crippen LogP contribution is 2.20. The smallest absolute Gasteiger partial charge is 0.246 e. The van der Waals surface area contributed by atoms with E-state index in [4.69, 9.17) is 11.6 Å². The van der Waals surface area contributed by atoms with Gasteiger partial charge in [0.25, 0.3) is 0 Å². The molecule has 1 aliphatic rings. The van der Waals surface area contributed by atoms with E-state index in [0.29, 0.717) is 24.2 Å². The summed E-state index contributed by atoms with van der Waals surface area (Å²) in [5.41, 5.74) is 1.58. The first-order valence-electron chi connectivity index (χ1n) is 7.74. The van der Waals surface area contributed by atoms with Gasteiger partial charge in [0.15, 0.2) is 0 Å². The summed E-state index contributed by atoms with van der Waals surface area (Å²) in [4.78, 5) is 24.7. The molecule has 3 heterocycles. The van der Waals surface area contributed by atoms with Crippen molar-refractivity contribution in [3.63, 3.8) is 0 Å². The van der Waals surface area contributed by atoms with Crippen molar-refractivity contribution in [1.29, 1.82) is 0 Å². The van der Waals surface area contributed by atoms with Gasteiger partial charge >= 0.3 is 0 Å². The molecule has 1 aliphatic heterocycles. The number of hydrogen-bond donors (Lipinski definition) is 0. The van der Waals surface area contributed by atoms with Gasteiger partial charge in [-0.05, 0) is 19.1 Å². The predicted octanol–water partition coefficient (Wildman–Crippen LogP) is 1.53. The molecule has 0 saturated carbocycles. The van der Waals surface area contributed by atoms with Gasteiger partial charge in [-0.1, -0.05) is 11.6 Å². The average Bonchev–Trinajstić information content (AvgIpc) is 2.86. The molecule has 1 amide bonds. The molecule has 1 saturated heterocycles. The van der Waals surface area contributed by atoms with E-state index in [0.717, 1.165) is 24.3 Å². The third-order valence-electron chi connectivity index (χ3n) is 4.02. The predicted molar refractivity (Wildman–Crippen MR) is 92.8 cm³/mol. The Labute approximate surface area is 145 Å². The second-order valence-corrected chi connectivity index (χ2v) is 5.97. The van der Waals surface area contributed by atoms with Crippen molar-refractivity contribution >= 4 is 29.5 Å². The minimum atomic E-state index is -0.0250. The van der Waals surface area contributed by atoms with Crippen molar-refractivity contribution in [2.24, 2.45) is 7.05 Å². The van der Waals surface area contributed by atoms with E-state index in [9.17, 15) is 4.79 Å². The van der Waals surface area contributed by atoms with E-state index in [1.165, 1.54) is 0 Å². The summed E-state index contributed by atoms with van der Waals surface area (Å²) >= 11 is 6.17. The van der Waals surface area contributed by atoms with Crippen LogP contribution in [0.4, 0.5) is 5.95 Å². The van der Waals surface area contributed by atoms with Crippen molar-refractivity contribution in [2.75, 3.05) is 31.1 Å². The summed E-state index contributed by atoms with van der Waals surface area (Å²) in [6, 6.07) is 1.79. The molecule has 126 valence electrons. The third kappa shape index (κ3) is 3.41. The lowest BCUT2D eigenvalue weighted by Gasteiger charge is -2.34. The Hall–Kier alpha value is -2.41. The van der Waals surface area contributed by atoms with E-state index in [2.05, 4.69) is 20.0 Å². The van der Waals surface area contributed by atoms with Crippen LogP contribution in [-0.4, -0.2) is 56.7 Å². The first kappa shape index (κ1) is 16.4. The minimum absolute atomic E-state index is 0.0250. The normalized spacial score (nSPS) is 15.3. The fraction of sp³-hybridized carbons (Fsp3) is 0.375. The summed E-state index contributed by atoms with van der Waals surface area (Å²) in [6.45, 7) is 4.59. The number of halogens is 1. The standard InChI is InChI=1S/C16H19ClN6O/c1-12-13(15(17)21(2)20-12)4-5-14(24)22-8-10-23(11-9-22)16-18-6-3-7-19-16/h3-7H,8-11H2,1-2H3/b5-4+. The molecule has 2 aromatic rings. The summed E-state index contributed by atoms with van der Waals surface area (Å²) in [5, 5.41) is 4.76. The molecule has 0 aliphatic carbocycles. The van der Waals surface area contributed by atoms with E-state index >= 15 is 0 Å². The third-order valence-corrected chi connectivity index (χ3v) is 4.46. The van der Waals surface area contributed by atoms with Crippen LogP contribution in [0.1, 0.15) is 11.3 Å². The Morgan fingerprint density at radius 1 is 1.21 bits per heavy atom. The number of anilines is 1. The molecule has 0 bridgehead atoms. The number of piperazine rings is 1. The van der Waals surface area contributed by atoms with Crippen molar-refractivity contribution in [3.8, 4) is 0 Å². The number of amides is 1. The lowest BCUT2D eigenvalue weighted by molar-refractivity contribution is -0.126. The largest absolute Gasteiger partial charge is 0.337 e. The Balaban J connectivity index is 1.60. The van der Waals surface area contributed by atoms with Crippen LogP contribution in [-0.2, 0) is 11.8 Å². The number of hydrogen-bond acceptors (Lipinski definition) is 5. The van der Waals surface area contributed by atoms with Gasteiger partial charge in [-0.2, -0.15) is 5.10 Å². The Bertz CT molecular complexity index is 749. The molecule has 0 atom stereocenters. The zero-order chi connectivity index (χ0) is 17.1. The summed E-state index contributed by atoms with van der Waals surface area (Å²) in [5.74, 6) is 0.681. The lowest BCUT2D eigenvalue weighted by Crippen LogP contribution is -2.48. The van der Waals surface area contributed by atoms with E-state index in [1.54, 1.807) is 42.3 Å². The fourth-order valence-electron chi connectivity index (χ4n) is 2.68. The number of aryl methyl sites for hydroxylation is 2. The van der Waals surface area contributed by atoms with Crippen LogP contribution in [0.25, 0.3) is 6.08 Å². The van der Waals surface area contributed by atoms with E-state index in [1.807, 2.05) is 11.8 Å². The Kier molecular flexibility index (Phi) is 4.80. The van der Waals surface area contributed by atoms with Gasteiger partial charge in [0.2, 0.25) is 11.9 Å². The van der Waals surface area contributed by atoms with E-state index in [-0.39, 0.29) is 5.91 Å². The first-order chi connectivity index (χ1) is 11.6. The first-order valence-corrected chi connectivity index (χ1v) is 8.12. The monoisotopic (exact) mass is 346 g/mol. The van der Waals surface area contributed by atoms with Crippen molar-refractivity contribution in [1.82, 2.24) is 24.6 Å². The zero-order valence-corrected chi connectivity index (χ0v) is 14.4. The van der Waals surface area contributed by atoms with Crippen molar-refractivity contribution in [3.05, 3.63) is 40.9 Å². The quantitative estimate of drug-likeness (QED) is 0.788. The molecular formula is C16H19ClN6O. The van der Waals surface area contributed by atoms with Gasteiger partial charge in [0.1, 0.15) is 5.15 Å². The molecule has 0 unspecified atom stereocenters. The molecule has 0 spiro atoms. The highest BCUT2D eigenvalue weighted by molar-refractivity contribution is 6.31. The lowest BCUT2D eigenvalue weighted by atomic mass is 10.2.